The van der Waals surface area contributed by atoms with Gasteiger partial charge in [-0.15, -0.1) is 0 Å². The van der Waals surface area contributed by atoms with E-state index in [2.05, 4.69) is 0 Å². The molecule has 1 amide bonds. The average Bonchev–Trinajstić information content (AvgIpc) is 2.10. The Morgan fingerprint density at radius 2 is 2.13 bits per heavy atom. The van der Waals surface area contributed by atoms with Crippen molar-refractivity contribution >= 4 is 23.2 Å². The van der Waals surface area contributed by atoms with Gasteiger partial charge in [-0.05, 0) is 18.2 Å². The van der Waals surface area contributed by atoms with Crippen LogP contribution < -0.4 is 5.73 Å². The first-order valence-electron chi connectivity index (χ1n) is 4.59. The minimum Gasteiger partial charge on any atom is -0.399 e. The Morgan fingerprint density at radius 1 is 1.47 bits per heavy atom. The number of likely N-dealkylation sites (tertiary alicyclic amines) is 1. The number of nitrogen functional groups attached to an aromatic ring is 1. The van der Waals surface area contributed by atoms with E-state index in [9.17, 15) is 4.79 Å². The van der Waals surface area contributed by atoms with E-state index in [4.69, 9.17) is 22.4 Å². The molecule has 1 aromatic rings. The van der Waals surface area contributed by atoms with Crippen LogP contribution in [0.5, 0.6) is 0 Å². The molecule has 1 heterocycles. The van der Waals surface area contributed by atoms with Gasteiger partial charge >= 0.3 is 0 Å². The summed E-state index contributed by atoms with van der Waals surface area (Å²) in [7, 11) is 0. The summed E-state index contributed by atoms with van der Waals surface area (Å²) in [6.07, 6.45) is -0.398. The number of benzene rings is 1. The van der Waals surface area contributed by atoms with Crippen LogP contribution in [0.2, 0.25) is 5.02 Å². The molecule has 0 aromatic heterocycles. The van der Waals surface area contributed by atoms with Crippen LogP contribution in [0.3, 0.4) is 0 Å². The van der Waals surface area contributed by atoms with Gasteiger partial charge in [-0.2, -0.15) is 0 Å². The van der Waals surface area contributed by atoms with Crippen molar-refractivity contribution < 1.29 is 9.90 Å². The van der Waals surface area contributed by atoms with Gasteiger partial charge in [0.05, 0.1) is 6.10 Å². The maximum absolute atomic E-state index is 11.8. The van der Waals surface area contributed by atoms with E-state index in [0.717, 1.165) is 0 Å². The predicted molar refractivity (Wildman–Crippen MR) is 57.8 cm³/mol. The molecule has 1 aliphatic rings. The fraction of sp³-hybridized carbons (Fsp3) is 0.300. The maximum Gasteiger partial charge on any atom is 0.254 e. The smallest absolute Gasteiger partial charge is 0.254 e. The lowest BCUT2D eigenvalue weighted by Crippen LogP contribution is -2.53. The van der Waals surface area contributed by atoms with E-state index in [1.807, 2.05) is 0 Å². The lowest BCUT2D eigenvalue weighted by Gasteiger charge is -2.35. The number of halogens is 1. The summed E-state index contributed by atoms with van der Waals surface area (Å²) in [5, 5.41) is 9.52. The molecule has 0 unspecified atom stereocenters. The van der Waals surface area contributed by atoms with Gasteiger partial charge < -0.3 is 15.7 Å². The number of hydrogen-bond donors (Lipinski definition) is 2. The average molecular weight is 227 g/mol. The molecule has 4 nitrogen and oxygen atoms in total. The number of carbonyl (C=O) groups is 1. The standard InChI is InChI=1S/C10H11ClN2O2/c11-7-1-6(2-8(12)3-7)10(15)13-4-9(14)5-13/h1-3,9,14H,4-5,12H2. The Kier molecular flexibility index (Phi) is 2.54. The van der Waals surface area contributed by atoms with Gasteiger partial charge in [0.15, 0.2) is 0 Å². The Balaban J connectivity index is 2.18. The van der Waals surface area contributed by atoms with Crippen LogP contribution in [0.1, 0.15) is 10.4 Å². The van der Waals surface area contributed by atoms with Gasteiger partial charge in [0.2, 0.25) is 0 Å². The first kappa shape index (κ1) is 10.3. The van der Waals surface area contributed by atoms with Crippen LogP contribution in [-0.4, -0.2) is 35.1 Å². The van der Waals surface area contributed by atoms with Crippen LogP contribution >= 0.6 is 11.6 Å². The van der Waals surface area contributed by atoms with Crippen molar-refractivity contribution in [3.63, 3.8) is 0 Å². The molecule has 0 saturated carbocycles. The molecule has 3 N–H and O–H groups in total. The molecule has 5 heteroatoms. The molecule has 1 aromatic carbocycles. The zero-order valence-corrected chi connectivity index (χ0v) is 8.74. The van der Waals surface area contributed by atoms with Crippen molar-refractivity contribution in [1.82, 2.24) is 4.90 Å². The maximum atomic E-state index is 11.8. The highest BCUT2D eigenvalue weighted by Gasteiger charge is 2.29. The second kappa shape index (κ2) is 3.72. The summed E-state index contributed by atoms with van der Waals surface area (Å²) in [5.41, 5.74) is 6.51. The molecule has 0 radical (unpaired) electrons. The molecule has 1 saturated heterocycles. The SMILES string of the molecule is Nc1cc(Cl)cc(C(=O)N2CC(O)C2)c1. The van der Waals surface area contributed by atoms with E-state index in [1.165, 1.54) is 0 Å². The Hall–Kier alpha value is -1.26. The van der Waals surface area contributed by atoms with E-state index >= 15 is 0 Å². The van der Waals surface area contributed by atoms with Gasteiger partial charge in [-0.1, -0.05) is 11.6 Å². The molecular weight excluding hydrogens is 216 g/mol. The van der Waals surface area contributed by atoms with Crippen LogP contribution in [0.4, 0.5) is 5.69 Å². The monoisotopic (exact) mass is 226 g/mol. The third-order valence-corrected chi connectivity index (χ3v) is 2.53. The lowest BCUT2D eigenvalue weighted by molar-refractivity contribution is 0.00590. The second-order valence-corrected chi connectivity index (χ2v) is 4.07. The fourth-order valence-corrected chi connectivity index (χ4v) is 1.78. The summed E-state index contributed by atoms with van der Waals surface area (Å²) in [6.45, 7) is 0.760. The van der Waals surface area contributed by atoms with Crippen LogP contribution in [0.25, 0.3) is 0 Å². The molecule has 2 rings (SSSR count). The van der Waals surface area contributed by atoms with Gasteiger partial charge in [0, 0.05) is 29.4 Å². The van der Waals surface area contributed by atoms with Gasteiger partial charge in [-0.25, -0.2) is 0 Å². The van der Waals surface area contributed by atoms with Crippen LogP contribution in [0, 0.1) is 0 Å². The van der Waals surface area contributed by atoms with Crippen molar-refractivity contribution in [1.29, 1.82) is 0 Å². The molecule has 0 atom stereocenters. The van der Waals surface area contributed by atoms with Crippen molar-refractivity contribution in [2.45, 2.75) is 6.10 Å². The normalized spacial score (nSPS) is 16.3. The van der Waals surface area contributed by atoms with Crippen molar-refractivity contribution in [3.05, 3.63) is 28.8 Å². The number of β-amino-alcohol motifs (C(OH)–C–C–N with tert-alkyl or cyclic N) is 1. The molecule has 0 aliphatic carbocycles. The molecule has 0 bridgehead atoms. The summed E-state index contributed by atoms with van der Waals surface area (Å²) in [6, 6.07) is 4.74. The largest absolute Gasteiger partial charge is 0.399 e. The highest BCUT2D eigenvalue weighted by atomic mass is 35.5. The Labute approximate surface area is 92.2 Å². The number of aliphatic hydroxyl groups excluding tert-OH is 1. The molecule has 1 aliphatic heterocycles. The van der Waals surface area contributed by atoms with E-state index in [1.54, 1.807) is 23.1 Å². The summed E-state index contributed by atoms with van der Waals surface area (Å²) in [4.78, 5) is 13.3. The van der Waals surface area contributed by atoms with Gasteiger partial charge in [0.1, 0.15) is 0 Å². The van der Waals surface area contributed by atoms with Crippen LogP contribution in [-0.2, 0) is 0 Å². The number of nitrogens with two attached hydrogens (primary N) is 1. The number of anilines is 1. The molecular formula is C10H11ClN2O2. The minimum absolute atomic E-state index is 0.144. The molecule has 15 heavy (non-hydrogen) atoms. The summed E-state index contributed by atoms with van der Waals surface area (Å²) in [5.74, 6) is -0.144. The summed E-state index contributed by atoms with van der Waals surface area (Å²) >= 11 is 5.79. The third-order valence-electron chi connectivity index (χ3n) is 2.32. The topological polar surface area (TPSA) is 66.6 Å². The van der Waals surface area contributed by atoms with E-state index in [0.29, 0.717) is 29.4 Å². The number of rotatable bonds is 1. The quantitative estimate of drug-likeness (QED) is 0.694. The lowest BCUT2D eigenvalue weighted by atomic mass is 10.1. The van der Waals surface area contributed by atoms with Crippen LogP contribution in [0.15, 0.2) is 18.2 Å². The first-order valence-corrected chi connectivity index (χ1v) is 4.97. The molecule has 0 spiro atoms. The van der Waals surface area contributed by atoms with Gasteiger partial charge in [-0.3, -0.25) is 4.79 Å². The number of hydrogen-bond acceptors (Lipinski definition) is 3. The highest BCUT2D eigenvalue weighted by molar-refractivity contribution is 6.31. The van der Waals surface area contributed by atoms with E-state index in [-0.39, 0.29) is 5.91 Å². The third kappa shape index (κ3) is 2.06. The van der Waals surface area contributed by atoms with Crippen molar-refractivity contribution in [2.75, 3.05) is 18.8 Å². The zero-order valence-electron chi connectivity index (χ0n) is 7.98. The zero-order chi connectivity index (χ0) is 11.0. The molecule has 1 fully saturated rings. The number of carbonyl (C=O) groups excluding carboxylic acids is 1. The molecule has 80 valence electrons. The number of aliphatic hydroxyl groups is 1. The number of amides is 1. The van der Waals surface area contributed by atoms with Crippen molar-refractivity contribution in [2.24, 2.45) is 0 Å². The number of nitrogens with zero attached hydrogens (tertiary/aromatic N) is 1. The fourth-order valence-electron chi connectivity index (χ4n) is 1.54. The highest BCUT2D eigenvalue weighted by Crippen LogP contribution is 2.20. The van der Waals surface area contributed by atoms with Crippen molar-refractivity contribution in [3.8, 4) is 0 Å². The summed E-state index contributed by atoms with van der Waals surface area (Å²) < 4.78 is 0. The first-order chi connectivity index (χ1) is 7.06. The van der Waals surface area contributed by atoms with Gasteiger partial charge in [0.25, 0.3) is 5.91 Å². The predicted octanol–water partition coefficient (Wildman–Crippen LogP) is 0.739. The minimum atomic E-state index is -0.398. The Morgan fingerprint density at radius 3 is 2.67 bits per heavy atom. The Bertz CT molecular complexity index is 382. The second-order valence-electron chi connectivity index (χ2n) is 3.64. The van der Waals surface area contributed by atoms with E-state index < -0.39 is 6.10 Å².